The van der Waals surface area contributed by atoms with Gasteiger partial charge in [0.05, 0.1) is 0 Å². The topological polar surface area (TPSA) is 29.3 Å². The van der Waals surface area contributed by atoms with Crippen LogP contribution >= 0.6 is 0 Å². The standard InChI is InChI=1S/C6H11F3N2/c7-5(8)6(9)11-2-1-4(10)3-11/h4-6H,1-3,10H2/t4-,6?/m1/s1. The summed E-state index contributed by atoms with van der Waals surface area (Å²) in [6, 6.07) is -0.146. The lowest BCUT2D eigenvalue weighted by atomic mass is 10.3. The zero-order valence-corrected chi connectivity index (χ0v) is 6.01. The van der Waals surface area contributed by atoms with E-state index in [0.717, 1.165) is 4.90 Å². The van der Waals surface area contributed by atoms with Crippen molar-refractivity contribution in [3.05, 3.63) is 0 Å². The smallest absolute Gasteiger partial charge is 0.282 e. The SMILES string of the molecule is N[C@@H]1CCN(C(F)C(F)F)C1. The van der Waals surface area contributed by atoms with Crippen LogP contribution in [0.25, 0.3) is 0 Å². The van der Waals surface area contributed by atoms with Gasteiger partial charge in [-0.2, -0.15) is 0 Å². The summed E-state index contributed by atoms with van der Waals surface area (Å²) in [6.07, 6.45) is -4.45. The Hall–Kier alpha value is -0.290. The Labute approximate surface area is 63.2 Å². The molecule has 1 rings (SSSR count). The molecule has 0 aliphatic carbocycles. The van der Waals surface area contributed by atoms with Gasteiger partial charge in [-0.1, -0.05) is 0 Å². The van der Waals surface area contributed by atoms with E-state index in [9.17, 15) is 13.2 Å². The summed E-state index contributed by atoms with van der Waals surface area (Å²) in [4.78, 5) is 1.08. The lowest BCUT2D eigenvalue weighted by Gasteiger charge is -2.18. The van der Waals surface area contributed by atoms with Crippen LogP contribution in [-0.2, 0) is 0 Å². The molecule has 0 amide bonds. The maximum atomic E-state index is 12.5. The van der Waals surface area contributed by atoms with Crippen LogP contribution in [0.5, 0.6) is 0 Å². The van der Waals surface area contributed by atoms with Gasteiger partial charge in [0.15, 0.2) is 0 Å². The lowest BCUT2D eigenvalue weighted by molar-refractivity contribution is -0.0387. The summed E-state index contributed by atoms with van der Waals surface area (Å²) in [5, 5.41) is 0. The molecule has 1 aliphatic rings. The molecule has 0 aromatic carbocycles. The third-order valence-corrected chi connectivity index (χ3v) is 1.81. The Kier molecular flexibility index (Phi) is 2.72. The third kappa shape index (κ3) is 2.07. The summed E-state index contributed by atoms with van der Waals surface area (Å²) in [5.41, 5.74) is 5.41. The van der Waals surface area contributed by atoms with Crippen LogP contribution in [0.3, 0.4) is 0 Å². The van der Waals surface area contributed by atoms with E-state index in [1.165, 1.54) is 0 Å². The highest BCUT2D eigenvalue weighted by Gasteiger charge is 2.31. The van der Waals surface area contributed by atoms with Crippen LogP contribution in [0.2, 0.25) is 0 Å². The first kappa shape index (κ1) is 8.80. The van der Waals surface area contributed by atoms with E-state index in [1.54, 1.807) is 0 Å². The fourth-order valence-electron chi connectivity index (χ4n) is 1.20. The van der Waals surface area contributed by atoms with Crippen molar-refractivity contribution in [3.63, 3.8) is 0 Å². The van der Waals surface area contributed by atoms with Crippen LogP contribution in [0, 0.1) is 0 Å². The van der Waals surface area contributed by atoms with E-state index in [-0.39, 0.29) is 12.6 Å². The largest absolute Gasteiger partial charge is 0.326 e. The summed E-state index contributed by atoms with van der Waals surface area (Å²) in [5.74, 6) is 0. The molecular formula is C6H11F3N2. The maximum absolute atomic E-state index is 12.5. The molecule has 0 bridgehead atoms. The molecule has 2 nitrogen and oxygen atoms in total. The average Bonchev–Trinajstić information content (AvgIpc) is 2.34. The van der Waals surface area contributed by atoms with Crippen molar-refractivity contribution in [2.24, 2.45) is 5.73 Å². The Morgan fingerprint density at radius 1 is 1.36 bits per heavy atom. The van der Waals surface area contributed by atoms with Crippen molar-refractivity contribution in [2.75, 3.05) is 13.1 Å². The van der Waals surface area contributed by atoms with E-state index in [4.69, 9.17) is 5.73 Å². The average molecular weight is 168 g/mol. The predicted molar refractivity (Wildman–Crippen MR) is 35.1 cm³/mol. The van der Waals surface area contributed by atoms with Gasteiger partial charge in [0, 0.05) is 19.1 Å². The molecule has 2 atom stereocenters. The molecule has 66 valence electrons. The third-order valence-electron chi connectivity index (χ3n) is 1.81. The minimum absolute atomic E-state index is 0.146. The van der Waals surface area contributed by atoms with Crippen LogP contribution < -0.4 is 5.73 Å². The van der Waals surface area contributed by atoms with Crippen LogP contribution in [0.1, 0.15) is 6.42 Å². The van der Waals surface area contributed by atoms with Gasteiger partial charge in [0.2, 0.25) is 6.30 Å². The number of likely N-dealkylation sites (tertiary alicyclic amines) is 1. The van der Waals surface area contributed by atoms with Gasteiger partial charge in [0.25, 0.3) is 6.43 Å². The van der Waals surface area contributed by atoms with Crippen LogP contribution in [-0.4, -0.2) is 36.8 Å². The molecule has 0 radical (unpaired) electrons. The molecule has 11 heavy (non-hydrogen) atoms. The Balaban J connectivity index is 2.36. The van der Waals surface area contributed by atoms with Crippen molar-refractivity contribution in [1.82, 2.24) is 4.90 Å². The molecular weight excluding hydrogens is 157 g/mol. The van der Waals surface area contributed by atoms with Gasteiger partial charge in [0.1, 0.15) is 0 Å². The fraction of sp³-hybridized carbons (Fsp3) is 1.00. The summed E-state index contributed by atoms with van der Waals surface area (Å²) < 4.78 is 36.0. The molecule has 5 heteroatoms. The quantitative estimate of drug-likeness (QED) is 0.611. The van der Waals surface area contributed by atoms with Crippen molar-refractivity contribution in [1.29, 1.82) is 0 Å². The highest BCUT2D eigenvalue weighted by atomic mass is 19.3. The Morgan fingerprint density at radius 2 is 2.00 bits per heavy atom. The zero-order valence-electron chi connectivity index (χ0n) is 6.01. The number of nitrogens with zero attached hydrogens (tertiary/aromatic N) is 1. The maximum Gasteiger partial charge on any atom is 0.282 e. The number of rotatable bonds is 2. The Morgan fingerprint density at radius 3 is 2.36 bits per heavy atom. The molecule has 1 fully saturated rings. The molecule has 2 N–H and O–H groups in total. The van der Waals surface area contributed by atoms with Gasteiger partial charge in [-0.3, -0.25) is 4.90 Å². The second kappa shape index (κ2) is 3.40. The molecule has 0 saturated carbocycles. The Bertz CT molecular complexity index is 131. The molecule has 1 saturated heterocycles. The van der Waals surface area contributed by atoms with Crippen molar-refractivity contribution >= 4 is 0 Å². The van der Waals surface area contributed by atoms with Crippen LogP contribution in [0.15, 0.2) is 0 Å². The molecule has 1 heterocycles. The fourth-order valence-corrected chi connectivity index (χ4v) is 1.20. The van der Waals surface area contributed by atoms with Gasteiger partial charge in [-0.15, -0.1) is 0 Å². The first-order valence-electron chi connectivity index (χ1n) is 3.53. The molecule has 1 aliphatic heterocycles. The minimum atomic E-state index is -2.92. The predicted octanol–water partition coefficient (Wildman–Crippen LogP) is 0.580. The van der Waals surface area contributed by atoms with E-state index in [1.807, 2.05) is 0 Å². The minimum Gasteiger partial charge on any atom is -0.326 e. The van der Waals surface area contributed by atoms with Crippen molar-refractivity contribution < 1.29 is 13.2 Å². The second-order valence-electron chi connectivity index (χ2n) is 2.75. The van der Waals surface area contributed by atoms with Crippen LogP contribution in [0.4, 0.5) is 13.2 Å². The van der Waals surface area contributed by atoms with Gasteiger partial charge >= 0.3 is 0 Å². The van der Waals surface area contributed by atoms with Gasteiger partial charge in [-0.25, -0.2) is 13.2 Å². The van der Waals surface area contributed by atoms with E-state index in [0.29, 0.717) is 13.0 Å². The van der Waals surface area contributed by atoms with Gasteiger partial charge in [-0.05, 0) is 6.42 Å². The summed E-state index contributed by atoms with van der Waals surface area (Å²) in [7, 11) is 0. The van der Waals surface area contributed by atoms with E-state index in [2.05, 4.69) is 0 Å². The number of nitrogens with two attached hydrogens (primary N) is 1. The monoisotopic (exact) mass is 168 g/mol. The number of hydrogen-bond donors (Lipinski definition) is 1. The number of hydrogen-bond acceptors (Lipinski definition) is 2. The lowest BCUT2D eigenvalue weighted by Crippen LogP contribution is -2.37. The second-order valence-corrected chi connectivity index (χ2v) is 2.75. The molecule has 0 aromatic heterocycles. The first-order valence-corrected chi connectivity index (χ1v) is 3.53. The molecule has 0 aromatic rings. The van der Waals surface area contributed by atoms with Crippen molar-refractivity contribution in [3.8, 4) is 0 Å². The highest BCUT2D eigenvalue weighted by molar-refractivity contribution is 4.80. The highest BCUT2D eigenvalue weighted by Crippen LogP contribution is 2.16. The number of alkyl halides is 3. The summed E-state index contributed by atoms with van der Waals surface area (Å²) >= 11 is 0. The van der Waals surface area contributed by atoms with Crippen molar-refractivity contribution in [2.45, 2.75) is 25.2 Å². The van der Waals surface area contributed by atoms with E-state index >= 15 is 0 Å². The zero-order chi connectivity index (χ0) is 8.43. The summed E-state index contributed by atoms with van der Waals surface area (Å²) in [6.45, 7) is 0.582. The molecule has 0 spiro atoms. The number of halogens is 3. The molecule has 1 unspecified atom stereocenters. The first-order chi connectivity index (χ1) is 5.11. The normalized spacial score (nSPS) is 29.7. The van der Waals surface area contributed by atoms with E-state index < -0.39 is 12.7 Å². The van der Waals surface area contributed by atoms with Gasteiger partial charge < -0.3 is 5.73 Å².